The summed E-state index contributed by atoms with van der Waals surface area (Å²) < 4.78 is 0. The fraction of sp³-hybridized carbons (Fsp3) is 0.643. The third-order valence-electron chi connectivity index (χ3n) is 3.30. The van der Waals surface area contributed by atoms with Crippen LogP contribution >= 0.6 is 11.8 Å². The Balaban J connectivity index is 2.01. The zero-order chi connectivity index (χ0) is 13.0. The summed E-state index contributed by atoms with van der Waals surface area (Å²) in [5.41, 5.74) is 1.12. The number of thioether (sulfide) groups is 1. The van der Waals surface area contributed by atoms with Crippen molar-refractivity contribution < 1.29 is 0 Å². The molecule has 2 rings (SSSR count). The van der Waals surface area contributed by atoms with E-state index in [1.165, 1.54) is 17.9 Å². The summed E-state index contributed by atoms with van der Waals surface area (Å²) in [7, 11) is 2.17. The van der Waals surface area contributed by atoms with E-state index in [-0.39, 0.29) is 0 Å². The highest BCUT2D eigenvalue weighted by Gasteiger charge is 2.21. The largest absolute Gasteiger partial charge is 0.356 e. The molecule has 1 saturated heterocycles. The van der Waals surface area contributed by atoms with Crippen LogP contribution in [-0.4, -0.2) is 35.6 Å². The summed E-state index contributed by atoms with van der Waals surface area (Å²) in [6.45, 7) is 5.16. The standard InChI is InChI=1S/C14H23N3S/c1-11(2)15-9-12-5-4-6-14(16-12)17(3)13-7-8-18-10-13/h4-6,11,13,15H,7-10H2,1-3H3. The SMILES string of the molecule is CC(C)NCc1cccc(N(C)C2CCSC2)n1. The minimum Gasteiger partial charge on any atom is -0.356 e. The summed E-state index contributed by atoms with van der Waals surface area (Å²) in [6.07, 6.45) is 1.28. The third kappa shape index (κ3) is 3.62. The first-order valence-corrected chi connectivity index (χ1v) is 7.82. The first-order valence-electron chi connectivity index (χ1n) is 6.66. The van der Waals surface area contributed by atoms with Crippen LogP contribution in [-0.2, 0) is 6.54 Å². The van der Waals surface area contributed by atoms with Gasteiger partial charge in [-0.2, -0.15) is 11.8 Å². The van der Waals surface area contributed by atoms with E-state index in [2.05, 4.69) is 49.3 Å². The van der Waals surface area contributed by atoms with E-state index in [0.717, 1.165) is 18.1 Å². The molecule has 0 radical (unpaired) electrons. The minimum absolute atomic E-state index is 0.499. The van der Waals surface area contributed by atoms with Gasteiger partial charge in [-0.05, 0) is 24.3 Å². The molecule has 0 aromatic carbocycles. The molecular formula is C14H23N3S. The van der Waals surface area contributed by atoms with Crippen LogP contribution in [0.2, 0.25) is 0 Å². The number of rotatable bonds is 5. The van der Waals surface area contributed by atoms with Gasteiger partial charge in [0.1, 0.15) is 5.82 Å². The van der Waals surface area contributed by atoms with Crippen molar-refractivity contribution in [2.75, 3.05) is 23.5 Å². The van der Waals surface area contributed by atoms with Crippen LogP contribution in [0.5, 0.6) is 0 Å². The average molecular weight is 265 g/mol. The highest BCUT2D eigenvalue weighted by molar-refractivity contribution is 7.99. The first-order chi connectivity index (χ1) is 8.66. The average Bonchev–Trinajstić information content (AvgIpc) is 2.89. The molecule has 1 aromatic rings. The van der Waals surface area contributed by atoms with Gasteiger partial charge in [0.05, 0.1) is 5.69 Å². The molecule has 1 fully saturated rings. The van der Waals surface area contributed by atoms with Crippen molar-refractivity contribution >= 4 is 17.6 Å². The van der Waals surface area contributed by atoms with Crippen LogP contribution in [0.1, 0.15) is 26.0 Å². The van der Waals surface area contributed by atoms with Gasteiger partial charge in [-0.25, -0.2) is 4.98 Å². The Bertz CT molecular complexity index is 375. The molecule has 2 heterocycles. The highest BCUT2D eigenvalue weighted by atomic mass is 32.2. The summed E-state index contributed by atoms with van der Waals surface area (Å²) in [5.74, 6) is 3.61. The quantitative estimate of drug-likeness (QED) is 0.885. The lowest BCUT2D eigenvalue weighted by Crippen LogP contribution is -2.32. The maximum Gasteiger partial charge on any atom is 0.128 e. The molecule has 18 heavy (non-hydrogen) atoms. The fourth-order valence-electron chi connectivity index (χ4n) is 2.09. The molecule has 4 heteroatoms. The molecule has 100 valence electrons. The van der Waals surface area contributed by atoms with Crippen LogP contribution in [0.25, 0.3) is 0 Å². The second kappa shape index (κ2) is 6.43. The van der Waals surface area contributed by atoms with Gasteiger partial charge >= 0.3 is 0 Å². The summed E-state index contributed by atoms with van der Waals surface area (Å²) >= 11 is 2.04. The molecule has 1 atom stereocenters. The second-order valence-electron chi connectivity index (χ2n) is 5.15. The predicted molar refractivity (Wildman–Crippen MR) is 80.3 cm³/mol. The lowest BCUT2D eigenvalue weighted by Gasteiger charge is -2.25. The molecule has 3 nitrogen and oxygen atoms in total. The first kappa shape index (κ1) is 13.7. The van der Waals surface area contributed by atoms with Crippen LogP contribution in [0.3, 0.4) is 0 Å². The highest BCUT2D eigenvalue weighted by Crippen LogP contribution is 2.24. The number of nitrogens with one attached hydrogen (secondary N) is 1. The maximum atomic E-state index is 4.74. The third-order valence-corrected chi connectivity index (χ3v) is 4.44. The maximum absolute atomic E-state index is 4.74. The molecule has 0 spiro atoms. The number of anilines is 1. The van der Waals surface area contributed by atoms with Gasteiger partial charge in [-0.3, -0.25) is 0 Å². The van der Waals surface area contributed by atoms with Gasteiger partial charge in [0.25, 0.3) is 0 Å². The van der Waals surface area contributed by atoms with Crippen molar-refractivity contribution in [2.45, 2.75) is 38.9 Å². The fourth-order valence-corrected chi connectivity index (χ4v) is 3.35. The lowest BCUT2D eigenvalue weighted by atomic mass is 10.2. The topological polar surface area (TPSA) is 28.2 Å². The van der Waals surface area contributed by atoms with E-state index < -0.39 is 0 Å². The molecule has 0 amide bonds. The van der Waals surface area contributed by atoms with Gasteiger partial charge in [0, 0.05) is 31.4 Å². The summed E-state index contributed by atoms with van der Waals surface area (Å²) in [4.78, 5) is 7.08. The van der Waals surface area contributed by atoms with Crippen LogP contribution < -0.4 is 10.2 Å². The van der Waals surface area contributed by atoms with Crippen molar-refractivity contribution in [3.8, 4) is 0 Å². The Kier molecular flexibility index (Phi) is 4.89. The molecule has 1 N–H and O–H groups in total. The summed E-state index contributed by atoms with van der Waals surface area (Å²) in [5, 5.41) is 3.41. The van der Waals surface area contributed by atoms with Gasteiger partial charge < -0.3 is 10.2 Å². The number of aromatic nitrogens is 1. The smallest absolute Gasteiger partial charge is 0.128 e. The zero-order valence-corrected chi connectivity index (χ0v) is 12.3. The Labute approximate surface area is 114 Å². The Morgan fingerprint density at radius 2 is 2.33 bits per heavy atom. The lowest BCUT2D eigenvalue weighted by molar-refractivity contribution is 0.580. The molecule has 0 bridgehead atoms. The van der Waals surface area contributed by atoms with Crippen molar-refractivity contribution in [3.63, 3.8) is 0 Å². The zero-order valence-electron chi connectivity index (χ0n) is 11.5. The van der Waals surface area contributed by atoms with E-state index >= 15 is 0 Å². The normalized spacial score (nSPS) is 19.4. The van der Waals surface area contributed by atoms with Gasteiger partial charge in [-0.15, -0.1) is 0 Å². The number of hydrogen-bond acceptors (Lipinski definition) is 4. The monoisotopic (exact) mass is 265 g/mol. The molecule has 0 aliphatic carbocycles. The minimum atomic E-state index is 0.499. The Morgan fingerprint density at radius 1 is 1.50 bits per heavy atom. The molecule has 1 aromatic heterocycles. The van der Waals surface area contributed by atoms with Crippen molar-refractivity contribution in [1.29, 1.82) is 0 Å². The summed E-state index contributed by atoms with van der Waals surface area (Å²) in [6, 6.07) is 7.46. The van der Waals surface area contributed by atoms with Crippen molar-refractivity contribution in [1.82, 2.24) is 10.3 Å². The van der Waals surface area contributed by atoms with Crippen molar-refractivity contribution in [2.24, 2.45) is 0 Å². The van der Waals surface area contributed by atoms with Gasteiger partial charge in [-0.1, -0.05) is 19.9 Å². The molecular weight excluding hydrogens is 242 g/mol. The molecule has 1 aliphatic heterocycles. The van der Waals surface area contributed by atoms with Crippen LogP contribution in [0.4, 0.5) is 5.82 Å². The van der Waals surface area contributed by atoms with E-state index in [9.17, 15) is 0 Å². The molecule has 1 unspecified atom stereocenters. The Morgan fingerprint density at radius 3 is 3.00 bits per heavy atom. The van der Waals surface area contributed by atoms with E-state index in [4.69, 9.17) is 4.98 Å². The number of pyridine rings is 1. The molecule has 1 aliphatic rings. The Hall–Kier alpha value is -0.740. The predicted octanol–water partition coefficient (Wildman–Crippen LogP) is 2.52. The van der Waals surface area contributed by atoms with E-state index in [1.807, 2.05) is 11.8 Å². The van der Waals surface area contributed by atoms with Crippen molar-refractivity contribution in [3.05, 3.63) is 23.9 Å². The van der Waals surface area contributed by atoms with Gasteiger partial charge in [0.2, 0.25) is 0 Å². The number of hydrogen-bond donors (Lipinski definition) is 1. The van der Waals surface area contributed by atoms with Gasteiger partial charge in [0.15, 0.2) is 0 Å². The van der Waals surface area contributed by atoms with Crippen LogP contribution in [0, 0.1) is 0 Å². The number of nitrogens with zero attached hydrogens (tertiary/aromatic N) is 2. The molecule has 0 saturated carbocycles. The van der Waals surface area contributed by atoms with Crippen LogP contribution in [0.15, 0.2) is 18.2 Å². The van der Waals surface area contributed by atoms with E-state index in [0.29, 0.717) is 12.1 Å². The van der Waals surface area contributed by atoms with E-state index in [1.54, 1.807) is 0 Å². The second-order valence-corrected chi connectivity index (χ2v) is 6.30.